The Kier molecular flexibility index (Phi) is 3.13. The number of benzene rings is 2. The lowest BCUT2D eigenvalue weighted by Crippen LogP contribution is -2.22. The van der Waals surface area contributed by atoms with Crippen molar-refractivity contribution < 1.29 is 8.42 Å². The van der Waals surface area contributed by atoms with Crippen molar-refractivity contribution in [1.29, 1.82) is 0 Å². The number of hydrogen-bond donors (Lipinski definition) is 2. The highest BCUT2D eigenvalue weighted by Gasteiger charge is 2.39. The summed E-state index contributed by atoms with van der Waals surface area (Å²) in [5, 5.41) is 7.03. The Morgan fingerprint density at radius 3 is 2.58 bits per heavy atom. The number of rotatable bonds is 1. The van der Waals surface area contributed by atoms with Gasteiger partial charge in [-0.3, -0.25) is 10.00 Å². The summed E-state index contributed by atoms with van der Waals surface area (Å²) in [6.45, 7) is 1.98. The SMILES string of the molecule is Cc1ccc(N2c3ccc(Cl)cc3S(=O)(=O)c3c2n[nH]c3N)cc1. The second-order valence-corrected chi connectivity index (χ2v) is 7.87. The molecule has 1 aliphatic heterocycles. The van der Waals surface area contributed by atoms with Gasteiger partial charge in [-0.25, -0.2) is 8.42 Å². The highest BCUT2D eigenvalue weighted by Crippen LogP contribution is 2.49. The van der Waals surface area contributed by atoms with Gasteiger partial charge in [0.1, 0.15) is 5.82 Å². The summed E-state index contributed by atoms with van der Waals surface area (Å²) in [6.07, 6.45) is 0. The number of fused-ring (bicyclic) bond motifs is 2. The van der Waals surface area contributed by atoms with Crippen LogP contribution in [-0.2, 0) is 9.84 Å². The molecule has 0 bridgehead atoms. The number of nitrogens with zero attached hydrogens (tertiary/aromatic N) is 2. The van der Waals surface area contributed by atoms with E-state index < -0.39 is 9.84 Å². The minimum absolute atomic E-state index is 0.00716. The standard InChI is InChI=1S/C16H13ClN4O2S/c1-9-2-5-11(6-3-9)21-12-7-4-10(17)8-13(12)24(22,23)14-15(18)19-20-16(14)21/h2-8H,1H3,(H3,18,19,20). The summed E-state index contributed by atoms with van der Waals surface area (Å²) in [4.78, 5) is 1.84. The van der Waals surface area contributed by atoms with Gasteiger partial charge in [0.25, 0.3) is 0 Å². The van der Waals surface area contributed by atoms with E-state index in [0.29, 0.717) is 10.7 Å². The molecule has 0 radical (unpaired) electrons. The number of nitrogens with two attached hydrogens (primary N) is 1. The minimum Gasteiger partial charge on any atom is -0.383 e. The van der Waals surface area contributed by atoms with Gasteiger partial charge in [-0.05, 0) is 37.3 Å². The van der Waals surface area contributed by atoms with Crippen molar-refractivity contribution in [3.8, 4) is 0 Å². The molecule has 2 heterocycles. The van der Waals surface area contributed by atoms with E-state index in [1.165, 1.54) is 6.07 Å². The summed E-state index contributed by atoms with van der Waals surface area (Å²) in [7, 11) is -3.81. The van der Waals surface area contributed by atoms with Crippen LogP contribution in [0.4, 0.5) is 23.0 Å². The Hall–Kier alpha value is -2.51. The number of nitrogen functional groups attached to an aromatic ring is 1. The zero-order valence-electron chi connectivity index (χ0n) is 12.6. The van der Waals surface area contributed by atoms with E-state index in [1.54, 1.807) is 17.0 Å². The zero-order valence-corrected chi connectivity index (χ0v) is 14.2. The molecule has 0 saturated heterocycles. The normalized spacial score (nSPS) is 15.0. The molecule has 3 N–H and O–H groups in total. The molecule has 1 aromatic heterocycles. The number of H-pyrrole nitrogens is 1. The molecule has 0 amide bonds. The lowest BCUT2D eigenvalue weighted by atomic mass is 10.2. The summed E-state index contributed by atoms with van der Waals surface area (Å²) < 4.78 is 25.9. The molecule has 1 aliphatic rings. The molecule has 0 aliphatic carbocycles. The molecular formula is C16H13ClN4O2S. The van der Waals surface area contributed by atoms with Crippen molar-refractivity contribution in [2.24, 2.45) is 0 Å². The van der Waals surface area contributed by atoms with Crippen LogP contribution in [0, 0.1) is 6.92 Å². The molecule has 8 heteroatoms. The van der Waals surface area contributed by atoms with Gasteiger partial charge in [-0.2, -0.15) is 5.10 Å². The average Bonchev–Trinajstić information content (AvgIpc) is 2.93. The number of halogens is 1. The number of aryl methyl sites for hydroxylation is 1. The van der Waals surface area contributed by atoms with Gasteiger partial charge >= 0.3 is 0 Å². The lowest BCUT2D eigenvalue weighted by Gasteiger charge is -2.30. The van der Waals surface area contributed by atoms with Crippen LogP contribution in [0.15, 0.2) is 52.3 Å². The summed E-state index contributed by atoms with van der Waals surface area (Å²) >= 11 is 6.02. The van der Waals surface area contributed by atoms with Crippen molar-refractivity contribution in [2.75, 3.05) is 10.6 Å². The maximum absolute atomic E-state index is 12.9. The first-order valence-corrected chi connectivity index (χ1v) is 9.01. The number of anilines is 4. The first kappa shape index (κ1) is 15.0. The van der Waals surface area contributed by atoms with Crippen LogP contribution in [0.2, 0.25) is 5.02 Å². The zero-order chi connectivity index (χ0) is 17.1. The fourth-order valence-corrected chi connectivity index (χ4v) is 4.70. The Bertz CT molecular complexity index is 1060. The van der Waals surface area contributed by atoms with E-state index >= 15 is 0 Å². The van der Waals surface area contributed by atoms with Crippen molar-refractivity contribution in [3.63, 3.8) is 0 Å². The van der Waals surface area contributed by atoms with Gasteiger partial charge in [0.15, 0.2) is 10.7 Å². The highest BCUT2D eigenvalue weighted by molar-refractivity contribution is 7.92. The molecule has 3 aromatic rings. The number of aromatic nitrogens is 2. The van der Waals surface area contributed by atoms with Crippen LogP contribution in [0.1, 0.15) is 5.56 Å². The molecule has 24 heavy (non-hydrogen) atoms. The Morgan fingerprint density at radius 2 is 1.88 bits per heavy atom. The molecule has 4 rings (SSSR count). The summed E-state index contributed by atoms with van der Waals surface area (Å²) in [5.41, 5.74) is 8.21. The first-order valence-electron chi connectivity index (χ1n) is 7.15. The third-order valence-electron chi connectivity index (χ3n) is 3.95. The largest absolute Gasteiger partial charge is 0.383 e. The van der Waals surface area contributed by atoms with Crippen molar-refractivity contribution in [1.82, 2.24) is 10.2 Å². The Labute approximate surface area is 143 Å². The summed E-state index contributed by atoms with van der Waals surface area (Å²) in [5.74, 6) is 0.263. The molecule has 122 valence electrons. The molecule has 0 atom stereocenters. The summed E-state index contributed by atoms with van der Waals surface area (Å²) in [6, 6.07) is 12.5. The molecule has 0 saturated carbocycles. The van der Waals surface area contributed by atoms with Crippen LogP contribution in [0.3, 0.4) is 0 Å². The van der Waals surface area contributed by atoms with Crippen LogP contribution in [0.25, 0.3) is 0 Å². The molecule has 6 nitrogen and oxygen atoms in total. The number of nitrogens with one attached hydrogen (secondary N) is 1. The first-order chi connectivity index (χ1) is 11.4. The van der Waals surface area contributed by atoms with Crippen LogP contribution in [0.5, 0.6) is 0 Å². The van der Waals surface area contributed by atoms with Gasteiger partial charge in [-0.1, -0.05) is 29.3 Å². The highest BCUT2D eigenvalue weighted by atomic mass is 35.5. The topological polar surface area (TPSA) is 92.1 Å². The predicted molar refractivity (Wildman–Crippen MR) is 92.9 cm³/mol. The maximum Gasteiger partial charge on any atom is 0.216 e. The molecular weight excluding hydrogens is 348 g/mol. The van der Waals surface area contributed by atoms with E-state index in [9.17, 15) is 8.42 Å². The van der Waals surface area contributed by atoms with Crippen LogP contribution in [-0.4, -0.2) is 18.6 Å². The smallest absolute Gasteiger partial charge is 0.216 e. The van der Waals surface area contributed by atoms with Crippen molar-refractivity contribution in [2.45, 2.75) is 16.7 Å². The van der Waals surface area contributed by atoms with Gasteiger partial charge in [0.05, 0.1) is 10.6 Å². The van der Waals surface area contributed by atoms with E-state index in [1.807, 2.05) is 31.2 Å². The number of sulfone groups is 1. The third-order valence-corrected chi connectivity index (χ3v) is 6.04. The molecule has 0 unspecified atom stereocenters. The monoisotopic (exact) mass is 360 g/mol. The lowest BCUT2D eigenvalue weighted by molar-refractivity contribution is 0.595. The van der Waals surface area contributed by atoms with E-state index in [0.717, 1.165) is 11.3 Å². The fourth-order valence-electron chi connectivity index (χ4n) is 2.82. The van der Waals surface area contributed by atoms with E-state index in [2.05, 4.69) is 10.2 Å². The number of aromatic amines is 1. The Balaban J connectivity index is 2.08. The van der Waals surface area contributed by atoms with Crippen LogP contribution >= 0.6 is 11.6 Å². The maximum atomic E-state index is 12.9. The van der Waals surface area contributed by atoms with Gasteiger partial charge < -0.3 is 5.73 Å². The van der Waals surface area contributed by atoms with Gasteiger partial charge in [0.2, 0.25) is 9.84 Å². The van der Waals surface area contributed by atoms with Gasteiger partial charge in [0, 0.05) is 10.7 Å². The predicted octanol–water partition coefficient (Wildman–Crippen LogP) is 3.57. The third kappa shape index (κ3) is 2.02. The second-order valence-electron chi connectivity index (χ2n) is 5.58. The quantitative estimate of drug-likeness (QED) is 0.541. The van der Waals surface area contributed by atoms with Crippen molar-refractivity contribution in [3.05, 3.63) is 53.1 Å². The van der Waals surface area contributed by atoms with E-state index in [-0.39, 0.29) is 21.4 Å². The molecule has 0 fully saturated rings. The van der Waals surface area contributed by atoms with Gasteiger partial charge in [-0.15, -0.1) is 0 Å². The van der Waals surface area contributed by atoms with Crippen molar-refractivity contribution >= 4 is 44.4 Å². The fraction of sp³-hybridized carbons (Fsp3) is 0.0625. The second kappa shape index (κ2) is 4.99. The molecule has 0 spiro atoms. The minimum atomic E-state index is -3.81. The van der Waals surface area contributed by atoms with E-state index in [4.69, 9.17) is 17.3 Å². The molecule has 2 aromatic carbocycles. The number of hydrogen-bond acceptors (Lipinski definition) is 5. The Morgan fingerprint density at radius 1 is 1.17 bits per heavy atom. The average molecular weight is 361 g/mol. The van der Waals surface area contributed by atoms with Crippen LogP contribution < -0.4 is 10.6 Å².